The number of H-pyrrole nitrogens is 1. The monoisotopic (exact) mass is 181 g/mol. The van der Waals surface area contributed by atoms with Gasteiger partial charge >= 0.3 is 0 Å². The van der Waals surface area contributed by atoms with Crippen LogP contribution in [0.2, 0.25) is 0 Å². The molecule has 13 heavy (non-hydrogen) atoms. The quantitative estimate of drug-likeness (QED) is 0.702. The smallest absolute Gasteiger partial charge is 0.295 e. The van der Waals surface area contributed by atoms with E-state index in [9.17, 15) is 4.79 Å². The largest absolute Gasteiger partial charge is 0.333 e. The third-order valence-corrected chi connectivity index (χ3v) is 2.13. The molecule has 0 radical (unpaired) electrons. The van der Waals surface area contributed by atoms with Crippen molar-refractivity contribution >= 4 is 5.91 Å². The van der Waals surface area contributed by atoms with Crippen molar-refractivity contribution in [1.29, 1.82) is 0 Å². The van der Waals surface area contributed by atoms with Gasteiger partial charge in [0.05, 0.1) is 0 Å². The van der Waals surface area contributed by atoms with Crippen molar-refractivity contribution in [2.75, 3.05) is 6.54 Å². The van der Waals surface area contributed by atoms with Gasteiger partial charge in [-0.25, -0.2) is 0 Å². The fourth-order valence-electron chi connectivity index (χ4n) is 1.33. The average Bonchev–Trinajstić information content (AvgIpc) is 2.83. The lowest BCUT2D eigenvalue weighted by atomic mass is 10.4. The predicted molar refractivity (Wildman–Crippen MR) is 43.9 cm³/mol. The minimum atomic E-state index is -0.126. The Morgan fingerprint density at radius 3 is 2.92 bits per heavy atom. The zero-order chi connectivity index (χ0) is 9.26. The van der Waals surface area contributed by atoms with Crippen LogP contribution in [0.3, 0.4) is 0 Å². The topological polar surface area (TPSA) is 74.8 Å². The van der Waals surface area contributed by atoms with Gasteiger partial charge in [0.15, 0.2) is 0 Å². The molecule has 0 unspecified atom stereocenters. The van der Waals surface area contributed by atoms with Gasteiger partial charge in [-0.15, -0.1) is 10.2 Å². The average molecular weight is 181 g/mol. The second-order valence-electron chi connectivity index (χ2n) is 3.06. The van der Waals surface area contributed by atoms with Crippen molar-refractivity contribution in [3.63, 3.8) is 0 Å². The highest BCUT2D eigenvalue weighted by molar-refractivity contribution is 5.90. The fraction of sp³-hybridized carbons (Fsp3) is 0.714. The zero-order valence-corrected chi connectivity index (χ0v) is 7.40. The number of carbonyl (C=O) groups is 1. The van der Waals surface area contributed by atoms with E-state index >= 15 is 0 Å². The zero-order valence-electron chi connectivity index (χ0n) is 7.40. The number of rotatable bonds is 3. The van der Waals surface area contributed by atoms with Crippen LogP contribution >= 0.6 is 0 Å². The van der Waals surface area contributed by atoms with Gasteiger partial charge in [-0.2, -0.15) is 5.21 Å². The molecule has 6 nitrogen and oxygen atoms in total. The summed E-state index contributed by atoms with van der Waals surface area (Å²) in [5.74, 6) is 0.0347. The maximum atomic E-state index is 11.7. The molecule has 1 amide bonds. The maximum absolute atomic E-state index is 11.7. The van der Waals surface area contributed by atoms with Crippen LogP contribution in [0.5, 0.6) is 0 Å². The molecule has 1 N–H and O–H groups in total. The Balaban J connectivity index is 2.10. The first-order valence-corrected chi connectivity index (χ1v) is 4.37. The van der Waals surface area contributed by atoms with Crippen molar-refractivity contribution in [2.24, 2.45) is 0 Å². The summed E-state index contributed by atoms with van der Waals surface area (Å²) in [4.78, 5) is 13.4. The number of aromatic amines is 1. The molecule has 2 rings (SSSR count). The summed E-state index contributed by atoms with van der Waals surface area (Å²) in [5, 5.41) is 12.9. The van der Waals surface area contributed by atoms with Crippen molar-refractivity contribution in [3.8, 4) is 0 Å². The summed E-state index contributed by atoms with van der Waals surface area (Å²) in [6.45, 7) is 2.66. The van der Waals surface area contributed by atoms with E-state index in [1.165, 1.54) is 0 Å². The Bertz CT molecular complexity index is 292. The lowest BCUT2D eigenvalue weighted by molar-refractivity contribution is 0.0740. The molecule has 1 saturated carbocycles. The van der Waals surface area contributed by atoms with E-state index in [1.807, 2.05) is 6.92 Å². The van der Waals surface area contributed by atoms with Crippen molar-refractivity contribution in [3.05, 3.63) is 5.82 Å². The van der Waals surface area contributed by atoms with Crippen LogP contribution in [-0.2, 0) is 0 Å². The molecule has 1 fully saturated rings. The Kier molecular flexibility index (Phi) is 1.96. The molecule has 0 atom stereocenters. The maximum Gasteiger partial charge on any atom is 0.295 e. The predicted octanol–water partition coefficient (Wildman–Crippen LogP) is -0.176. The van der Waals surface area contributed by atoms with Gasteiger partial charge in [0.2, 0.25) is 0 Å². The Morgan fingerprint density at radius 2 is 2.46 bits per heavy atom. The Hall–Kier alpha value is -1.46. The second-order valence-corrected chi connectivity index (χ2v) is 3.06. The summed E-state index contributed by atoms with van der Waals surface area (Å²) in [5.41, 5.74) is 0. The normalized spacial score (nSPS) is 15.8. The van der Waals surface area contributed by atoms with Gasteiger partial charge in [0.25, 0.3) is 11.7 Å². The molecule has 1 aliphatic rings. The molecule has 1 aliphatic carbocycles. The first-order valence-electron chi connectivity index (χ1n) is 4.37. The number of carbonyl (C=O) groups excluding carboxylic acids is 1. The molecule has 0 saturated heterocycles. The number of aromatic nitrogens is 4. The molecule has 0 aromatic carbocycles. The molecule has 70 valence electrons. The van der Waals surface area contributed by atoms with Gasteiger partial charge in [-0.1, -0.05) is 0 Å². The molecule has 1 aromatic rings. The van der Waals surface area contributed by atoms with Gasteiger partial charge < -0.3 is 4.90 Å². The number of hydrogen-bond donors (Lipinski definition) is 1. The van der Waals surface area contributed by atoms with Crippen molar-refractivity contribution in [1.82, 2.24) is 25.5 Å². The van der Waals surface area contributed by atoms with E-state index in [-0.39, 0.29) is 11.7 Å². The summed E-state index contributed by atoms with van der Waals surface area (Å²) >= 11 is 0. The fourth-order valence-corrected chi connectivity index (χ4v) is 1.33. The summed E-state index contributed by atoms with van der Waals surface area (Å²) in [6, 6.07) is 0.399. The van der Waals surface area contributed by atoms with E-state index in [1.54, 1.807) is 4.90 Å². The highest BCUT2D eigenvalue weighted by Gasteiger charge is 2.33. The first-order chi connectivity index (χ1) is 6.33. The van der Waals surface area contributed by atoms with Crippen LogP contribution in [0.4, 0.5) is 0 Å². The molecule has 6 heteroatoms. The Labute approximate surface area is 75.3 Å². The van der Waals surface area contributed by atoms with Crippen molar-refractivity contribution < 1.29 is 4.79 Å². The van der Waals surface area contributed by atoms with Gasteiger partial charge in [0.1, 0.15) is 0 Å². The minimum Gasteiger partial charge on any atom is -0.333 e. The summed E-state index contributed by atoms with van der Waals surface area (Å²) in [6.07, 6.45) is 2.19. The van der Waals surface area contributed by atoms with Crippen LogP contribution in [0.15, 0.2) is 0 Å². The number of tetrazole rings is 1. The number of nitrogens with zero attached hydrogens (tertiary/aromatic N) is 4. The highest BCUT2D eigenvalue weighted by atomic mass is 16.2. The van der Waals surface area contributed by atoms with E-state index in [0.717, 1.165) is 12.8 Å². The number of nitrogens with one attached hydrogen (secondary N) is 1. The molecular formula is C7H11N5O. The molecular weight excluding hydrogens is 170 g/mol. The number of amides is 1. The SMILES string of the molecule is CCN(C(=O)c1nn[nH]n1)C1CC1. The molecule has 0 spiro atoms. The van der Waals surface area contributed by atoms with Crippen LogP contribution < -0.4 is 0 Å². The van der Waals surface area contributed by atoms with E-state index in [0.29, 0.717) is 12.6 Å². The van der Waals surface area contributed by atoms with E-state index in [4.69, 9.17) is 0 Å². The Morgan fingerprint density at radius 1 is 1.69 bits per heavy atom. The number of hydrogen-bond acceptors (Lipinski definition) is 4. The third-order valence-electron chi connectivity index (χ3n) is 2.13. The van der Waals surface area contributed by atoms with E-state index in [2.05, 4.69) is 20.6 Å². The van der Waals surface area contributed by atoms with Crippen LogP contribution in [0, 0.1) is 0 Å². The molecule has 1 heterocycles. The van der Waals surface area contributed by atoms with Gasteiger partial charge in [0, 0.05) is 12.6 Å². The highest BCUT2D eigenvalue weighted by Crippen LogP contribution is 2.27. The molecule has 0 aliphatic heterocycles. The molecule has 0 bridgehead atoms. The lowest BCUT2D eigenvalue weighted by Gasteiger charge is -2.17. The van der Waals surface area contributed by atoms with Crippen LogP contribution in [-0.4, -0.2) is 44.0 Å². The summed E-state index contributed by atoms with van der Waals surface area (Å²) in [7, 11) is 0. The second kappa shape index (κ2) is 3.12. The van der Waals surface area contributed by atoms with Gasteiger partial charge in [-0.05, 0) is 25.0 Å². The molecule has 1 aromatic heterocycles. The standard InChI is InChI=1S/C7H11N5O/c1-2-12(5-3-4-5)7(13)6-8-10-11-9-6/h5H,2-4H2,1H3,(H,8,9,10,11). The van der Waals surface area contributed by atoms with E-state index < -0.39 is 0 Å². The van der Waals surface area contributed by atoms with Crippen molar-refractivity contribution in [2.45, 2.75) is 25.8 Å². The third kappa shape index (κ3) is 1.51. The first kappa shape index (κ1) is 8.15. The van der Waals surface area contributed by atoms with Crippen LogP contribution in [0.1, 0.15) is 30.4 Å². The van der Waals surface area contributed by atoms with Gasteiger partial charge in [-0.3, -0.25) is 4.79 Å². The lowest BCUT2D eigenvalue weighted by Crippen LogP contribution is -2.33. The minimum absolute atomic E-state index is 0.126. The summed E-state index contributed by atoms with van der Waals surface area (Å²) < 4.78 is 0. The van der Waals surface area contributed by atoms with Crippen LogP contribution in [0.25, 0.3) is 0 Å².